The Morgan fingerprint density at radius 2 is 1.48 bits per heavy atom. The molecule has 0 fully saturated rings. The average Bonchev–Trinajstić information content (AvgIpc) is 2.94. The molecular formula is C33H36ClN3O4S. The maximum absolute atomic E-state index is 14.0. The highest BCUT2D eigenvalue weighted by atomic mass is 35.5. The first kappa shape index (κ1) is 31.2. The van der Waals surface area contributed by atoms with Crippen LogP contribution in [0.4, 0.5) is 0 Å². The van der Waals surface area contributed by atoms with Crippen molar-refractivity contribution in [3.8, 4) is 0 Å². The van der Waals surface area contributed by atoms with E-state index in [1.165, 1.54) is 18.0 Å². The second-order valence-corrected chi connectivity index (χ2v) is 13.8. The van der Waals surface area contributed by atoms with Gasteiger partial charge in [-0.15, -0.1) is 0 Å². The zero-order valence-electron chi connectivity index (χ0n) is 24.2. The molecule has 2 amide bonds. The van der Waals surface area contributed by atoms with Crippen molar-refractivity contribution in [1.82, 2.24) is 14.5 Å². The van der Waals surface area contributed by atoms with Gasteiger partial charge in [-0.25, -0.2) is 8.42 Å². The van der Waals surface area contributed by atoms with Gasteiger partial charge in [0.05, 0.1) is 11.4 Å². The third-order valence-electron chi connectivity index (χ3n) is 6.80. The van der Waals surface area contributed by atoms with Gasteiger partial charge in [-0.05, 0) is 66.9 Å². The van der Waals surface area contributed by atoms with Gasteiger partial charge in [0, 0.05) is 30.6 Å². The highest BCUT2D eigenvalue weighted by Crippen LogP contribution is 2.23. The minimum atomic E-state index is -4.01. The standard InChI is InChI=1S/C33H36ClN3O4S/c1-33(2,3)35-32(39)30(20-24-11-6-5-7-12-24)37(22-25-13-10-16-28(34)19-25)31(38)23-36(4)42(40,41)29-18-17-26-14-8-9-15-27(26)21-29/h5-19,21,30H,20,22-23H2,1-4H3,(H,35,39)/t30-/m1/s1. The molecule has 7 nitrogen and oxygen atoms in total. The van der Waals surface area contributed by atoms with Crippen LogP contribution in [0.5, 0.6) is 0 Å². The minimum absolute atomic E-state index is 0.0678. The first-order chi connectivity index (χ1) is 19.8. The summed E-state index contributed by atoms with van der Waals surface area (Å²) in [6, 6.07) is 28.0. The molecule has 4 aromatic carbocycles. The van der Waals surface area contributed by atoms with E-state index in [2.05, 4.69) is 5.32 Å². The molecule has 0 unspecified atom stereocenters. The first-order valence-electron chi connectivity index (χ1n) is 13.7. The number of nitrogens with zero attached hydrogens (tertiary/aromatic N) is 2. The van der Waals surface area contributed by atoms with Gasteiger partial charge in [-0.1, -0.05) is 84.4 Å². The number of carbonyl (C=O) groups is 2. The summed E-state index contributed by atoms with van der Waals surface area (Å²) in [5, 5.41) is 5.20. The van der Waals surface area contributed by atoms with Crippen molar-refractivity contribution < 1.29 is 18.0 Å². The number of carbonyl (C=O) groups excluding carboxylic acids is 2. The molecule has 0 spiro atoms. The number of halogens is 1. The Hall–Kier alpha value is -3.72. The van der Waals surface area contributed by atoms with Gasteiger partial charge in [0.2, 0.25) is 21.8 Å². The number of likely N-dealkylation sites (N-methyl/N-ethyl adjacent to an activating group) is 1. The Labute approximate surface area is 253 Å². The summed E-state index contributed by atoms with van der Waals surface area (Å²) in [5.41, 5.74) is 1.04. The highest BCUT2D eigenvalue weighted by Gasteiger charge is 2.34. The Kier molecular flexibility index (Phi) is 9.71. The van der Waals surface area contributed by atoms with Crippen LogP contribution in [0.2, 0.25) is 5.02 Å². The van der Waals surface area contributed by atoms with Crippen LogP contribution in [0.15, 0.2) is 102 Å². The molecule has 0 aliphatic carbocycles. The second kappa shape index (κ2) is 13.1. The maximum Gasteiger partial charge on any atom is 0.243 e. The number of fused-ring (bicyclic) bond motifs is 1. The number of nitrogens with one attached hydrogen (secondary N) is 1. The predicted molar refractivity (Wildman–Crippen MR) is 168 cm³/mol. The number of hydrogen-bond donors (Lipinski definition) is 1. The lowest BCUT2D eigenvalue weighted by Gasteiger charge is -2.34. The quantitative estimate of drug-likeness (QED) is 0.252. The maximum atomic E-state index is 14.0. The van der Waals surface area contributed by atoms with Crippen molar-refractivity contribution in [3.05, 3.63) is 113 Å². The third kappa shape index (κ3) is 7.97. The summed E-state index contributed by atoms with van der Waals surface area (Å²) in [7, 11) is -2.63. The van der Waals surface area contributed by atoms with E-state index >= 15 is 0 Å². The van der Waals surface area contributed by atoms with E-state index in [4.69, 9.17) is 11.6 Å². The van der Waals surface area contributed by atoms with Gasteiger partial charge in [-0.3, -0.25) is 9.59 Å². The molecule has 220 valence electrons. The van der Waals surface area contributed by atoms with Gasteiger partial charge in [-0.2, -0.15) is 4.31 Å². The topological polar surface area (TPSA) is 86.8 Å². The molecular weight excluding hydrogens is 570 g/mol. The number of rotatable bonds is 10. The average molecular weight is 606 g/mol. The van der Waals surface area contributed by atoms with Gasteiger partial charge < -0.3 is 10.2 Å². The molecule has 0 saturated carbocycles. The summed E-state index contributed by atoms with van der Waals surface area (Å²) >= 11 is 6.25. The summed E-state index contributed by atoms with van der Waals surface area (Å²) < 4.78 is 28.2. The predicted octanol–water partition coefficient (Wildman–Crippen LogP) is 5.67. The molecule has 0 aliphatic heterocycles. The Morgan fingerprint density at radius 1 is 0.833 bits per heavy atom. The zero-order chi connectivity index (χ0) is 30.5. The number of hydrogen-bond acceptors (Lipinski definition) is 4. The van der Waals surface area contributed by atoms with Gasteiger partial charge in [0.1, 0.15) is 6.04 Å². The third-order valence-corrected chi connectivity index (χ3v) is 8.83. The molecule has 42 heavy (non-hydrogen) atoms. The second-order valence-electron chi connectivity index (χ2n) is 11.4. The molecule has 0 aliphatic rings. The van der Waals surface area contributed by atoms with E-state index in [0.29, 0.717) is 5.02 Å². The van der Waals surface area contributed by atoms with Crippen LogP contribution in [-0.4, -0.2) is 54.6 Å². The molecule has 0 bridgehead atoms. The lowest BCUT2D eigenvalue weighted by Crippen LogP contribution is -2.56. The molecule has 0 saturated heterocycles. The van der Waals surface area contributed by atoms with Crippen molar-refractivity contribution in [2.24, 2.45) is 0 Å². The first-order valence-corrected chi connectivity index (χ1v) is 15.5. The van der Waals surface area contributed by atoms with E-state index in [0.717, 1.165) is 26.2 Å². The smallest absolute Gasteiger partial charge is 0.243 e. The van der Waals surface area contributed by atoms with E-state index < -0.39 is 34.1 Å². The van der Waals surface area contributed by atoms with Crippen molar-refractivity contribution in [1.29, 1.82) is 0 Å². The summed E-state index contributed by atoms with van der Waals surface area (Å²) in [6.45, 7) is 5.23. The Bertz CT molecular complexity index is 1670. The van der Waals surface area contributed by atoms with Crippen molar-refractivity contribution in [2.45, 2.75) is 50.2 Å². The van der Waals surface area contributed by atoms with Gasteiger partial charge in [0.15, 0.2) is 0 Å². The van der Waals surface area contributed by atoms with E-state index in [-0.39, 0.29) is 23.8 Å². The van der Waals surface area contributed by atoms with Gasteiger partial charge >= 0.3 is 0 Å². The monoisotopic (exact) mass is 605 g/mol. The van der Waals surface area contributed by atoms with Crippen LogP contribution in [-0.2, 0) is 32.6 Å². The SMILES string of the molecule is CN(CC(=O)N(Cc1cccc(Cl)c1)[C@H](Cc1ccccc1)C(=O)NC(C)(C)C)S(=O)(=O)c1ccc2ccccc2c1. The Morgan fingerprint density at radius 3 is 2.14 bits per heavy atom. The summed E-state index contributed by atoms with van der Waals surface area (Å²) in [4.78, 5) is 29.3. The molecule has 4 rings (SSSR count). The lowest BCUT2D eigenvalue weighted by atomic mass is 10.0. The molecule has 0 heterocycles. The number of amides is 2. The van der Waals surface area contributed by atoms with Gasteiger partial charge in [0.25, 0.3) is 0 Å². The summed E-state index contributed by atoms with van der Waals surface area (Å²) in [6.07, 6.45) is 0.246. The largest absolute Gasteiger partial charge is 0.350 e. The Balaban J connectivity index is 1.69. The van der Waals surface area contributed by atoms with Crippen molar-refractivity contribution >= 4 is 44.2 Å². The van der Waals surface area contributed by atoms with Crippen LogP contribution in [0.1, 0.15) is 31.9 Å². The molecule has 0 radical (unpaired) electrons. The van der Waals surface area contributed by atoms with E-state index in [1.54, 1.807) is 30.3 Å². The van der Waals surface area contributed by atoms with E-state index in [1.807, 2.05) is 81.4 Å². The molecule has 1 N–H and O–H groups in total. The van der Waals surface area contributed by atoms with Crippen molar-refractivity contribution in [2.75, 3.05) is 13.6 Å². The zero-order valence-corrected chi connectivity index (χ0v) is 25.8. The fourth-order valence-corrected chi connectivity index (χ4v) is 6.08. The van der Waals surface area contributed by atoms with Crippen LogP contribution >= 0.6 is 11.6 Å². The van der Waals surface area contributed by atoms with Crippen LogP contribution < -0.4 is 5.32 Å². The van der Waals surface area contributed by atoms with Crippen LogP contribution in [0, 0.1) is 0 Å². The van der Waals surface area contributed by atoms with Crippen LogP contribution in [0.25, 0.3) is 10.8 Å². The minimum Gasteiger partial charge on any atom is -0.350 e. The van der Waals surface area contributed by atoms with E-state index in [9.17, 15) is 18.0 Å². The van der Waals surface area contributed by atoms with Crippen molar-refractivity contribution in [3.63, 3.8) is 0 Å². The molecule has 9 heteroatoms. The summed E-state index contributed by atoms with van der Waals surface area (Å²) in [5.74, 6) is -0.839. The number of benzene rings is 4. The fraction of sp³-hybridized carbons (Fsp3) is 0.273. The normalized spacial score (nSPS) is 12.7. The fourth-order valence-electron chi connectivity index (χ4n) is 4.71. The highest BCUT2D eigenvalue weighted by molar-refractivity contribution is 7.89. The molecule has 1 atom stereocenters. The molecule has 4 aromatic rings. The lowest BCUT2D eigenvalue weighted by molar-refractivity contribution is -0.141. The van der Waals surface area contributed by atoms with Crippen LogP contribution in [0.3, 0.4) is 0 Å². The molecule has 0 aromatic heterocycles. The number of sulfonamides is 1.